The SMILES string of the molecule is CC(=O)Nc1ccc(C2=C(Nc3ccc(C)cc3)C(=O)N(c3ccc(C)c(C)c3)C2=O)cc1. The van der Waals surface area contributed by atoms with Crippen LogP contribution in [0.15, 0.2) is 72.4 Å². The minimum Gasteiger partial charge on any atom is -0.350 e. The summed E-state index contributed by atoms with van der Waals surface area (Å²) in [5.41, 5.74) is 6.11. The van der Waals surface area contributed by atoms with Gasteiger partial charge in [-0.25, -0.2) is 4.90 Å². The van der Waals surface area contributed by atoms with Gasteiger partial charge in [0, 0.05) is 18.3 Å². The fourth-order valence-electron chi connectivity index (χ4n) is 3.72. The molecule has 3 aromatic carbocycles. The number of hydrogen-bond donors (Lipinski definition) is 2. The Kier molecular flexibility index (Phi) is 5.84. The number of imide groups is 1. The van der Waals surface area contributed by atoms with E-state index in [0.717, 1.165) is 16.7 Å². The number of anilines is 3. The van der Waals surface area contributed by atoms with E-state index in [9.17, 15) is 14.4 Å². The van der Waals surface area contributed by atoms with E-state index < -0.39 is 11.8 Å². The molecule has 0 aliphatic carbocycles. The summed E-state index contributed by atoms with van der Waals surface area (Å²) in [6.07, 6.45) is 0. The van der Waals surface area contributed by atoms with E-state index in [0.29, 0.717) is 22.6 Å². The van der Waals surface area contributed by atoms with Crippen LogP contribution in [0, 0.1) is 20.8 Å². The Bertz CT molecular complexity index is 1290. The van der Waals surface area contributed by atoms with Gasteiger partial charge in [0.05, 0.1) is 11.3 Å². The summed E-state index contributed by atoms with van der Waals surface area (Å²) in [6, 6.07) is 20.0. The summed E-state index contributed by atoms with van der Waals surface area (Å²) in [4.78, 5) is 39.6. The standard InChI is InChI=1S/C27H25N3O3/c1-16-5-10-22(11-6-16)29-25-24(20-8-12-21(13-9-20)28-19(4)31)26(32)30(27(25)33)23-14-7-17(2)18(3)15-23/h5-15,29H,1-4H3,(H,28,31). The van der Waals surface area contributed by atoms with Crippen molar-refractivity contribution in [2.24, 2.45) is 0 Å². The molecule has 4 rings (SSSR count). The van der Waals surface area contributed by atoms with E-state index in [2.05, 4.69) is 10.6 Å². The topological polar surface area (TPSA) is 78.5 Å². The minimum atomic E-state index is -0.412. The molecule has 1 aliphatic rings. The van der Waals surface area contributed by atoms with Crippen molar-refractivity contribution < 1.29 is 14.4 Å². The minimum absolute atomic E-state index is 0.184. The van der Waals surface area contributed by atoms with Gasteiger partial charge < -0.3 is 10.6 Å². The molecule has 0 bridgehead atoms. The number of carbonyl (C=O) groups is 3. The summed E-state index contributed by atoms with van der Waals surface area (Å²) in [5, 5.41) is 5.88. The lowest BCUT2D eigenvalue weighted by molar-refractivity contribution is -0.120. The highest BCUT2D eigenvalue weighted by Gasteiger charge is 2.40. The largest absolute Gasteiger partial charge is 0.350 e. The van der Waals surface area contributed by atoms with Crippen molar-refractivity contribution in [1.29, 1.82) is 0 Å². The van der Waals surface area contributed by atoms with Gasteiger partial charge in [0.2, 0.25) is 5.91 Å². The van der Waals surface area contributed by atoms with Crippen LogP contribution < -0.4 is 15.5 Å². The van der Waals surface area contributed by atoms with Gasteiger partial charge in [-0.1, -0.05) is 35.9 Å². The summed E-state index contributed by atoms with van der Waals surface area (Å²) in [5.74, 6) is -0.994. The molecule has 6 heteroatoms. The number of nitrogens with one attached hydrogen (secondary N) is 2. The van der Waals surface area contributed by atoms with Gasteiger partial charge in [-0.15, -0.1) is 0 Å². The normalized spacial score (nSPS) is 13.5. The molecule has 0 spiro atoms. The van der Waals surface area contributed by atoms with Gasteiger partial charge >= 0.3 is 0 Å². The van der Waals surface area contributed by atoms with Crippen molar-refractivity contribution >= 4 is 40.4 Å². The molecule has 3 amide bonds. The van der Waals surface area contributed by atoms with Gasteiger partial charge in [-0.2, -0.15) is 0 Å². The number of benzene rings is 3. The number of hydrogen-bond acceptors (Lipinski definition) is 4. The number of rotatable bonds is 5. The molecule has 1 heterocycles. The van der Waals surface area contributed by atoms with Crippen LogP contribution in [0.3, 0.4) is 0 Å². The zero-order valence-corrected chi connectivity index (χ0v) is 19.0. The van der Waals surface area contributed by atoms with Gasteiger partial charge in [0.15, 0.2) is 0 Å². The Morgan fingerprint density at radius 3 is 2.00 bits per heavy atom. The Labute approximate surface area is 192 Å². The van der Waals surface area contributed by atoms with E-state index in [-0.39, 0.29) is 17.2 Å². The smallest absolute Gasteiger partial charge is 0.282 e. The maximum Gasteiger partial charge on any atom is 0.282 e. The molecule has 0 radical (unpaired) electrons. The van der Waals surface area contributed by atoms with Crippen LogP contribution in [0.25, 0.3) is 5.57 Å². The molecule has 1 aliphatic heterocycles. The van der Waals surface area contributed by atoms with Gasteiger partial charge in [-0.3, -0.25) is 14.4 Å². The second-order valence-corrected chi connectivity index (χ2v) is 8.21. The fraction of sp³-hybridized carbons (Fsp3) is 0.148. The lowest BCUT2D eigenvalue weighted by Crippen LogP contribution is -2.32. The highest BCUT2D eigenvalue weighted by atomic mass is 16.2. The van der Waals surface area contributed by atoms with E-state index in [1.807, 2.05) is 57.2 Å². The molecule has 2 N–H and O–H groups in total. The predicted molar refractivity (Wildman–Crippen MR) is 131 cm³/mol. The highest BCUT2D eigenvalue weighted by Crippen LogP contribution is 2.34. The van der Waals surface area contributed by atoms with Crippen LogP contribution in [-0.4, -0.2) is 17.7 Å². The lowest BCUT2D eigenvalue weighted by atomic mass is 10.0. The van der Waals surface area contributed by atoms with E-state index in [4.69, 9.17) is 0 Å². The number of carbonyl (C=O) groups excluding carboxylic acids is 3. The average Bonchev–Trinajstić information content (AvgIpc) is 3.01. The van der Waals surface area contributed by atoms with Crippen LogP contribution in [0.5, 0.6) is 0 Å². The molecular formula is C27H25N3O3. The monoisotopic (exact) mass is 439 g/mol. The van der Waals surface area contributed by atoms with Crippen molar-refractivity contribution in [3.63, 3.8) is 0 Å². The first-order chi connectivity index (χ1) is 15.7. The maximum atomic E-state index is 13.6. The number of aryl methyl sites for hydroxylation is 3. The van der Waals surface area contributed by atoms with Crippen molar-refractivity contribution in [2.45, 2.75) is 27.7 Å². The van der Waals surface area contributed by atoms with Gasteiger partial charge in [0.1, 0.15) is 5.70 Å². The third kappa shape index (κ3) is 4.41. The van der Waals surface area contributed by atoms with Crippen LogP contribution in [0.1, 0.15) is 29.2 Å². The number of nitrogens with zero attached hydrogens (tertiary/aromatic N) is 1. The Morgan fingerprint density at radius 2 is 1.39 bits per heavy atom. The van der Waals surface area contributed by atoms with Crippen molar-refractivity contribution in [2.75, 3.05) is 15.5 Å². The summed E-state index contributed by atoms with van der Waals surface area (Å²) < 4.78 is 0. The molecule has 3 aromatic rings. The molecule has 166 valence electrons. The first-order valence-corrected chi connectivity index (χ1v) is 10.7. The lowest BCUT2D eigenvalue weighted by Gasteiger charge is -2.17. The average molecular weight is 440 g/mol. The molecular weight excluding hydrogens is 414 g/mol. The third-order valence-corrected chi connectivity index (χ3v) is 5.65. The van der Waals surface area contributed by atoms with E-state index >= 15 is 0 Å². The second kappa shape index (κ2) is 8.74. The third-order valence-electron chi connectivity index (χ3n) is 5.65. The summed E-state index contributed by atoms with van der Waals surface area (Å²) >= 11 is 0. The summed E-state index contributed by atoms with van der Waals surface area (Å²) in [7, 11) is 0. The Balaban J connectivity index is 1.79. The van der Waals surface area contributed by atoms with E-state index in [1.165, 1.54) is 11.8 Å². The first kappa shape index (κ1) is 22.0. The zero-order chi connectivity index (χ0) is 23.7. The van der Waals surface area contributed by atoms with E-state index in [1.54, 1.807) is 30.3 Å². The molecule has 0 saturated heterocycles. The maximum absolute atomic E-state index is 13.6. The van der Waals surface area contributed by atoms with Crippen LogP contribution in [0.4, 0.5) is 17.1 Å². The Morgan fingerprint density at radius 1 is 0.758 bits per heavy atom. The quantitative estimate of drug-likeness (QED) is 0.551. The summed E-state index contributed by atoms with van der Waals surface area (Å²) in [6.45, 7) is 7.35. The van der Waals surface area contributed by atoms with Crippen LogP contribution >= 0.6 is 0 Å². The van der Waals surface area contributed by atoms with Crippen LogP contribution in [0.2, 0.25) is 0 Å². The Hall–Kier alpha value is -4.19. The molecule has 0 aromatic heterocycles. The molecule has 0 atom stereocenters. The van der Waals surface area contributed by atoms with Crippen molar-refractivity contribution in [3.8, 4) is 0 Å². The van der Waals surface area contributed by atoms with Gasteiger partial charge in [0.25, 0.3) is 11.8 Å². The van der Waals surface area contributed by atoms with Gasteiger partial charge in [-0.05, 0) is 73.9 Å². The molecule has 0 unspecified atom stereocenters. The molecule has 6 nitrogen and oxygen atoms in total. The zero-order valence-electron chi connectivity index (χ0n) is 19.0. The first-order valence-electron chi connectivity index (χ1n) is 10.7. The van der Waals surface area contributed by atoms with Crippen LogP contribution in [-0.2, 0) is 14.4 Å². The highest BCUT2D eigenvalue weighted by molar-refractivity contribution is 6.46. The van der Waals surface area contributed by atoms with Crippen molar-refractivity contribution in [1.82, 2.24) is 0 Å². The predicted octanol–water partition coefficient (Wildman–Crippen LogP) is 4.97. The molecule has 33 heavy (non-hydrogen) atoms. The fourth-order valence-corrected chi connectivity index (χ4v) is 3.72. The molecule has 0 fully saturated rings. The number of amides is 3. The van der Waals surface area contributed by atoms with Crippen molar-refractivity contribution in [3.05, 3.63) is 94.7 Å². The second-order valence-electron chi connectivity index (χ2n) is 8.21. The molecule has 0 saturated carbocycles.